The van der Waals surface area contributed by atoms with Gasteiger partial charge in [0.1, 0.15) is 11.5 Å². The van der Waals surface area contributed by atoms with Crippen molar-refractivity contribution >= 4 is 17.6 Å². The number of carbonyl (C=O) groups is 1. The van der Waals surface area contributed by atoms with Crippen LogP contribution in [0.2, 0.25) is 5.15 Å². The molecule has 22 heavy (non-hydrogen) atoms. The molecule has 9 heteroatoms. The second-order valence-electron chi connectivity index (χ2n) is 3.62. The molecule has 2 aromatic heterocycles. The molecule has 0 aliphatic rings. The van der Waals surface area contributed by atoms with Gasteiger partial charge < -0.3 is 14.2 Å². The summed E-state index contributed by atoms with van der Waals surface area (Å²) in [5, 5.41) is 14.6. The van der Waals surface area contributed by atoms with Crippen LogP contribution in [0.4, 0.5) is 0 Å². The number of halogens is 1. The maximum Gasteiger partial charge on any atom is 0.358 e. The molecule has 0 aromatic carbocycles. The Morgan fingerprint density at radius 3 is 2.18 bits per heavy atom. The SMILES string of the molecule is CCOC(=O)c1cc(OC)cnn1.COc1cnnc(Cl)c1. The van der Waals surface area contributed by atoms with Crippen LogP contribution in [0.3, 0.4) is 0 Å². The van der Waals surface area contributed by atoms with E-state index in [1.54, 1.807) is 20.1 Å². The lowest BCUT2D eigenvalue weighted by Crippen LogP contribution is -2.08. The highest BCUT2D eigenvalue weighted by Gasteiger charge is 2.09. The quantitative estimate of drug-likeness (QED) is 0.785. The van der Waals surface area contributed by atoms with E-state index < -0.39 is 5.97 Å². The predicted octanol–water partition coefficient (Wildman–Crippen LogP) is 1.80. The average Bonchev–Trinajstić information content (AvgIpc) is 2.55. The van der Waals surface area contributed by atoms with Crippen LogP contribution in [0.1, 0.15) is 17.4 Å². The fraction of sp³-hybridized carbons (Fsp3) is 0.308. The van der Waals surface area contributed by atoms with Crippen LogP contribution in [0.15, 0.2) is 24.5 Å². The van der Waals surface area contributed by atoms with E-state index in [-0.39, 0.29) is 5.69 Å². The van der Waals surface area contributed by atoms with Gasteiger partial charge in [0.15, 0.2) is 10.8 Å². The standard InChI is InChI=1S/C8H10N2O3.C5H5ClN2O/c1-3-13-8(11)7-4-6(12-2)5-9-10-7;1-9-4-2-5(6)8-7-3-4/h4-5H,3H2,1-2H3;2-3H,1H3. The van der Waals surface area contributed by atoms with E-state index in [0.29, 0.717) is 23.3 Å². The van der Waals surface area contributed by atoms with Gasteiger partial charge in [-0.15, -0.1) is 10.2 Å². The van der Waals surface area contributed by atoms with Crippen molar-refractivity contribution in [3.63, 3.8) is 0 Å². The molecule has 0 unspecified atom stereocenters. The number of methoxy groups -OCH3 is 2. The summed E-state index contributed by atoms with van der Waals surface area (Å²) in [5.74, 6) is 0.613. The molecule has 8 nitrogen and oxygen atoms in total. The van der Waals surface area contributed by atoms with Gasteiger partial charge in [-0.1, -0.05) is 11.6 Å². The van der Waals surface area contributed by atoms with Gasteiger partial charge in [-0.2, -0.15) is 10.2 Å². The molecule has 0 saturated heterocycles. The van der Waals surface area contributed by atoms with E-state index in [0.717, 1.165) is 0 Å². The number of hydrogen-bond acceptors (Lipinski definition) is 8. The van der Waals surface area contributed by atoms with Gasteiger partial charge in [-0.3, -0.25) is 0 Å². The van der Waals surface area contributed by atoms with Gasteiger partial charge in [0.2, 0.25) is 0 Å². The Hall–Kier alpha value is -2.48. The Labute approximate surface area is 132 Å². The molecule has 0 saturated carbocycles. The maximum atomic E-state index is 11.1. The lowest BCUT2D eigenvalue weighted by molar-refractivity contribution is 0.0517. The second-order valence-corrected chi connectivity index (χ2v) is 4.01. The summed E-state index contributed by atoms with van der Waals surface area (Å²) in [4.78, 5) is 11.1. The van der Waals surface area contributed by atoms with E-state index in [4.69, 9.17) is 25.8 Å². The number of hydrogen-bond donors (Lipinski definition) is 0. The van der Waals surface area contributed by atoms with Gasteiger partial charge in [-0.05, 0) is 6.92 Å². The van der Waals surface area contributed by atoms with Crippen molar-refractivity contribution in [1.82, 2.24) is 20.4 Å². The molecule has 0 amide bonds. The third-order valence-corrected chi connectivity index (χ3v) is 2.37. The summed E-state index contributed by atoms with van der Waals surface area (Å²) in [5.41, 5.74) is 0.154. The van der Waals surface area contributed by atoms with Gasteiger partial charge >= 0.3 is 5.97 Å². The third kappa shape index (κ3) is 5.88. The number of esters is 1. The van der Waals surface area contributed by atoms with Crippen LogP contribution < -0.4 is 9.47 Å². The fourth-order valence-corrected chi connectivity index (χ4v) is 1.35. The molecule has 0 N–H and O–H groups in total. The molecule has 118 valence electrons. The monoisotopic (exact) mass is 326 g/mol. The van der Waals surface area contributed by atoms with Gasteiger partial charge in [-0.25, -0.2) is 4.79 Å². The van der Waals surface area contributed by atoms with E-state index in [2.05, 4.69) is 20.4 Å². The van der Waals surface area contributed by atoms with Crippen molar-refractivity contribution in [1.29, 1.82) is 0 Å². The molecule has 0 fully saturated rings. The van der Waals surface area contributed by atoms with Crippen molar-refractivity contribution in [2.24, 2.45) is 0 Å². The first kappa shape index (κ1) is 17.6. The molecular weight excluding hydrogens is 312 g/mol. The van der Waals surface area contributed by atoms with Crippen LogP contribution in [-0.2, 0) is 4.74 Å². The molecule has 2 rings (SSSR count). The first-order valence-electron chi connectivity index (χ1n) is 6.16. The predicted molar refractivity (Wildman–Crippen MR) is 78.1 cm³/mol. The Kier molecular flexibility index (Phi) is 7.55. The summed E-state index contributed by atoms with van der Waals surface area (Å²) in [7, 11) is 3.04. The summed E-state index contributed by atoms with van der Waals surface area (Å²) in [6.07, 6.45) is 2.91. The number of carbonyl (C=O) groups excluding carboxylic acids is 1. The lowest BCUT2D eigenvalue weighted by Gasteiger charge is -2.01. The summed E-state index contributed by atoms with van der Waals surface area (Å²) in [6.45, 7) is 2.04. The molecule has 0 spiro atoms. The van der Waals surface area contributed by atoms with Crippen molar-refractivity contribution in [2.45, 2.75) is 6.92 Å². The van der Waals surface area contributed by atoms with E-state index >= 15 is 0 Å². The Bertz CT molecular complexity index is 612. The molecular formula is C13H15ClN4O4. The number of rotatable bonds is 4. The van der Waals surface area contributed by atoms with Crippen LogP contribution in [-0.4, -0.2) is 47.2 Å². The topological polar surface area (TPSA) is 96.3 Å². The molecule has 2 heterocycles. The Balaban J connectivity index is 0.000000235. The lowest BCUT2D eigenvalue weighted by atomic mass is 10.4. The second kappa shape index (κ2) is 9.46. The van der Waals surface area contributed by atoms with Crippen LogP contribution in [0.25, 0.3) is 0 Å². The first-order chi connectivity index (χ1) is 10.6. The van der Waals surface area contributed by atoms with Crippen LogP contribution >= 0.6 is 11.6 Å². The number of aromatic nitrogens is 4. The molecule has 0 atom stereocenters. The van der Waals surface area contributed by atoms with Gasteiger partial charge in [0, 0.05) is 12.1 Å². The molecule has 0 aliphatic heterocycles. The minimum Gasteiger partial charge on any atom is -0.495 e. The zero-order valence-electron chi connectivity index (χ0n) is 12.3. The average molecular weight is 327 g/mol. The number of nitrogens with zero attached hydrogens (tertiary/aromatic N) is 4. The van der Waals surface area contributed by atoms with Crippen molar-refractivity contribution < 1.29 is 19.0 Å². The Morgan fingerprint density at radius 2 is 1.68 bits per heavy atom. The van der Waals surface area contributed by atoms with Gasteiger partial charge in [0.25, 0.3) is 0 Å². The molecule has 0 radical (unpaired) electrons. The van der Waals surface area contributed by atoms with Crippen molar-refractivity contribution in [2.75, 3.05) is 20.8 Å². The highest BCUT2D eigenvalue weighted by Crippen LogP contribution is 2.11. The largest absolute Gasteiger partial charge is 0.495 e. The van der Waals surface area contributed by atoms with Crippen molar-refractivity contribution in [3.05, 3.63) is 35.4 Å². The number of ether oxygens (including phenoxy) is 3. The smallest absolute Gasteiger partial charge is 0.358 e. The Morgan fingerprint density at radius 1 is 1.09 bits per heavy atom. The highest BCUT2D eigenvalue weighted by atomic mass is 35.5. The minimum atomic E-state index is -0.492. The van der Waals surface area contributed by atoms with E-state index in [1.807, 2.05) is 0 Å². The highest BCUT2D eigenvalue weighted by molar-refractivity contribution is 6.29. The van der Waals surface area contributed by atoms with E-state index in [1.165, 1.54) is 25.6 Å². The van der Waals surface area contributed by atoms with Crippen LogP contribution in [0, 0.1) is 0 Å². The third-order valence-electron chi connectivity index (χ3n) is 2.19. The fourth-order valence-electron chi connectivity index (χ4n) is 1.20. The van der Waals surface area contributed by atoms with Gasteiger partial charge in [0.05, 0.1) is 33.2 Å². The zero-order valence-corrected chi connectivity index (χ0v) is 13.1. The summed E-state index contributed by atoms with van der Waals surface area (Å²) in [6, 6.07) is 3.07. The summed E-state index contributed by atoms with van der Waals surface area (Å²) >= 11 is 5.47. The van der Waals surface area contributed by atoms with Crippen molar-refractivity contribution in [3.8, 4) is 11.5 Å². The molecule has 2 aromatic rings. The molecule has 0 bridgehead atoms. The normalized spacial score (nSPS) is 9.27. The maximum absolute atomic E-state index is 11.1. The first-order valence-corrected chi connectivity index (χ1v) is 6.54. The van der Waals surface area contributed by atoms with Crippen LogP contribution in [0.5, 0.6) is 11.5 Å². The minimum absolute atomic E-state index is 0.154. The summed E-state index contributed by atoms with van der Waals surface area (Å²) < 4.78 is 14.4. The molecule has 0 aliphatic carbocycles. The van der Waals surface area contributed by atoms with E-state index in [9.17, 15) is 4.79 Å². The zero-order chi connectivity index (χ0) is 16.4.